The molecule has 2 aromatic heterocycles. The fourth-order valence-corrected chi connectivity index (χ4v) is 1.91. The molecule has 0 aliphatic rings. The molecular formula is C14H18N4. The number of rotatable bonds is 5. The molecule has 0 aliphatic heterocycles. The van der Waals surface area contributed by atoms with Crippen molar-refractivity contribution in [2.45, 2.75) is 26.2 Å². The fraction of sp³-hybridized carbons (Fsp3) is 0.286. The number of nitrogens with zero attached hydrogens (tertiary/aromatic N) is 2. The number of hydrogen-bond acceptors (Lipinski definition) is 4. The normalized spacial score (nSPS) is 10.3. The predicted molar refractivity (Wildman–Crippen MR) is 73.9 cm³/mol. The molecule has 94 valence electrons. The quantitative estimate of drug-likeness (QED) is 0.625. The third kappa shape index (κ3) is 2.84. The minimum Gasteiger partial charge on any atom is -0.308 e. The van der Waals surface area contributed by atoms with Crippen LogP contribution >= 0.6 is 0 Å². The average Bonchev–Trinajstić information content (AvgIpc) is 2.45. The van der Waals surface area contributed by atoms with Gasteiger partial charge in [-0.15, -0.1) is 0 Å². The van der Waals surface area contributed by atoms with Crippen molar-refractivity contribution < 1.29 is 0 Å². The number of pyridine rings is 2. The van der Waals surface area contributed by atoms with Crippen LogP contribution in [0.15, 0.2) is 36.7 Å². The maximum absolute atomic E-state index is 5.41. The van der Waals surface area contributed by atoms with Crippen LogP contribution in [0, 0.1) is 0 Å². The summed E-state index contributed by atoms with van der Waals surface area (Å²) in [6.45, 7) is 2.18. The molecule has 0 unspecified atom stereocenters. The van der Waals surface area contributed by atoms with E-state index in [1.807, 2.05) is 18.2 Å². The average molecular weight is 242 g/mol. The first-order valence-corrected chi connectivity index (χ1v) is 6.22. The van der Waals surface area contributed by atoms with Crippen molar-refractivity contribution in [1.82, 2.24) is 9.97 Å². The number of nitrogens with one attached hydrogen (secondary N) is 1. The van der Waals surface area contributed by atoms with Gasteiger partial charge in [0.1, 0.15) is 5.82 Å². The number of unbranched alkanes of at least 4 members (excludes halogenated alkanes) is 1. The van der Waals surface area contributed by atoms with Crippen LogP contribution in [0.2, 0.25) is 0 Å². The van der Waals surface area contributed by atoms with E-state index in [1.54, 1.807) is 12.4 Å². The van der Waals surface area contributed by atoms with E-state index >= 15 is 0 Å². The smallest absolute Gasteiger partial charge is 0.140 e. The van der Waals surface area contributed by atoms with Gasteiger partial charge in [-0.2, -0.15) is 0 Å². The summed E-state index contributed by atoms with van der Waals surface area (Å²) in [6, 6.07) is 7.96. The van der Waals surface area contributed by atoms with Gasteiger partial charge in [0.25, 0.3) is 0 Å². The standard InChI is InChI=1S/C14H18N4/c1-2-3-4-13-12(5-6-14(17-13)18-15)11-7-9-16-10-8-11/h5-10H,2-4,15H2,1H3,(H,17,18). The molecule has 18 heavy (non-hydrogen) atoms. The SMILES string of the molecule is CCCCc1nc(NN)ccc1-c1ccncc1. The van der Waals surface area contributed by atoms with Crippen LogP contribution in [0.3, 0.4) is 0 Å². The molecule has 2 rings (SSSR count). The van der Waals surface area contributed by atoms with Crippen LogP contribution < -0.4 is 11.3 Å². The minimum atomic E-state index is 0.707. The van der Waals surface area contributed by atoms with E-state index in [0.717, 1.165) is 36.1 Å². The van der Waals surface area contributed by atoms with Crippen LogP contribution in [-0.4, -0.2) is 9.97 Å². The van der Waals surface area contributed by atoms with Crippen molar-refractivity contribution in [3.05, 3.63) is 42.4 Å². The largest absolute Gasteiger partial charge is 0.308 e. The Balaban J connectivity index is 2.39. The van der Waals surface area contributed by atoms with Gasteiger partial charge < -0.3 is 5.43 Å². The number of nitrogen functional groups attached to an aromatic ring is 1. The van der Waals surface area contributed by atoms with E-state index in [2.05, 4.69) is 28.4 Å². The first kappa shape index (κ1) is 12.5. The molecule has 2 heterocycles. The predicted octanol–water partition coefficient (Wildman–Crippen LogP) is 2.77. The molecule has 0 radical (unpaired) electrons. The molecule has 0 bridgehead atoms. The number of aryl methyl sites for hydroxylation is 1. The van der Waals surface area contributed by atoms with E-state index in [9.17, 15) is 0 Å². The Bertz CT molecular complexity index is 496. The van der Waals surface area contributed by atoms with Crippen LogP contribution in [0.1, 0.15) is 25.5 Å². The maximum atomic E-state index is 5.41. The Labute approximate surface area is 107 Å². The number of nitrogens with two attached hydrogens (primary N) is 1. The lowest BCUT2D eigenvalue weighted by molar-refractivity contribution is 0.778. The number of hydrazine groups is 1. The van der Waals surface area contributed by atoms with E-state index in [0.29, 0.717) is 5.82 Å². The molecule has 0 fully saturated rings. The van der Waals surface area contributed by atoms with E-state index < -0.39 is 0 Å². The third-order valence-corrected chi connectivity index (χ3v) is 2.88. The molecule has 0 aliphatic carbocycles. The van der Waals surface area contributed by atoms with E-state index in [1.165, 1.54) is 0 Å². The van der Waals surface area contributed by atoms with Crippen molar-refractivity contribution in [1.29, 1.82) is 0 Å². The number of hydrogen-bond donors (Lipinski definition) is 2. The summed E-state index contributed by atoms with van der Waals surface area (Å²) in [5.74, 6) is 6.12. The molecular weight excluding hydrogens is 224 g/mol. The van der Waals surface area contributed by atoms with Crippen molar-refractivity contribution >= 4 is 5.82 Å². The first-order chi connectivity index (χ1) is 8.85. The molecule has 0 aromatic carbocycles. The van der Waals surface area contributed by atoms with Crippen LogP contribution in [0.5, 0.6) is 0 Å². The maximum Gasteiger partial charge on any atom is 0.140 e. The molecule has 0 saturated heterocycles. The summed E-state index contributed by atoms with van der Waals surface area (Å²) in [5, 5.41) is 0. The Hall–Kier alpha value is -1.94. The van der Waals surface area contributed by atoms with Gasteiger partial charge in [-0.05, 0) is 42.7 Å². The van der Waals surface area contributed by atoms with E-state index in [-0.39, 0.29) is 0 Å². The zero-order valence-electron chi connectivity index (χ0n) is 10.6. The summed E-state index contributed by atoms with van der Waals surface area (Å²) < 4.78 is 0. The second-order valence-corrected chi connectivity index (χ2v) is 4.17. The molecule has 3 N–H and O–H groups in total. The first-order valence-electron chi connectivity index (χ1n) is 6.22. The van der Waals surface area contributed by atoms with Crippen molar-refractivity contribution in [3.63, 3.8) is 0 Å². The van der Waals surface area contributed by atoms with Gasteiger partial charge in [0.15, 0.2) is 0 Å². The Kier molecular flexibility index (Phi) is 4.25. The zero-order valence-corrected chi connectivity index (χ0v) is 10.6. The highest BCUT2D eigenvalue weighted by Crippen LogP contribution is 2.24. The minimum absolute atomic E-state index is 0.707. The van der Waals surface area contributed by atoms with Gasteiger partial charge in [0.05, 0.1) is 5.69 Å². The Morgan fingerprint density at radius 2 is 1.94 bits per heavy atom. The Morgan fingerprint density at radius 3 is 2.61 bits per heavy atom. The molecule has 0 amide bonds. The summed E-state index contributed by atoms with van der Waals surface area (Å²) in [7, 11) is 0. The number of aromatic nitrogens is 2. The van der Waals surface area contributed by atoms with Crippen molar-refractivity contribution in [3.8, 4) is 11.1 Å². The molecule has 0 spiro atoms. The lowest BCUT2D eigenvalue weighted by Gasteiger charge is -2.10. The van der Waals surface area contributed by atoms with Gasteiger partial charge in [-0.1, -0.05) is 13.3 Å². The van der Waals surface area contributed by atoms with Crippen molar-refractivity contribution in [2.24, 2.45) is 5.84 Å². The topological polar surface area (TPSA) is 63.8 Å². The molecule has 2 aromatic rings. The second-order valence-electron chi connectivity index (χ2n) is 4.17. The second kappa shape index (κ2) is 6.12. The van der Waals surface area contributed by atoms with Gasteiger partial charge in [0.2, 0.25) is 0 Å². The van der Waals surface area contributed by atoms with E-state index in [4.69, 9.17) is 5.84 Å². The highest BCUT2D eigenvalue weighted by molar-refractivity contribution is 5.66. The summed E-state index contributed by atoms with van der Waals surface area (Å²) in [4.78, 5) is 8.59. The fourth-order valence-electron chi connectivity index (χ4n) is 1.91. The van der Waals surface area contributed by atoms with Crippen LogP contribution in [0.25, 0.3) is 11.1 Å². The molecule has 0 atom stereocenters. The monoisotopic (exact) mass is 242 g/mol. The number of anilines is 1. The Morgan fingerprint density at radius 1 is 1.17 bits per heavy atom. The molecule has 4 heteroatoms. The van der Waals surface area contributed by atoms with Gasteiger partial charge in [0, 0.05) is 18.0 Å². The lowest BCUT2D eigenvalue weighted by atomic mass is 10.0. The summed E-state index contributed by atoms with van der Waals surface area (Å²) >= 11 is 0. The highest BCUT2D eigenvalue weighted by atomic mass is 15.2. The lowest BCUT2D eigenvalue weighted by Crippen LogP contribution is -2.10. The molecule has 0 saturated carbocycles. The summed E-state index contributed by atoms with van der Waals surface area (Å²) in [5.41, 5.74) is 5.98. The molecule has 4 nitrogen and oxygen atoms in total. The highest BCUT2D eigenvalue weighted by Gasteiger charge is 2.07. The van der Waals surface area contributed by atoms with Gasteiger partial charge in [-0.25, -0.2) is 10.8 Å². The third-order valence-electron chi connectivity index (χ3n) is 2.88. The van der Waals surface area contributed by atoms with Crippen LogP contribution in [-0.2, 0) is 6.42 Å². The summed E-state index contributed by atoms with van der Waals surface area (Å²) in [6.07, 6.45) is 6.84. The van der Waals surface area contributed by atoms with Crippen molar-refractivity contribution in [2.75, 3.05) is 5.43 Å². The zero-order chi connectivity index (χ0) is 12.8. The van der Waals surface area contributed by atoms with Gasteiger partial charge in [-0.3, -0.25) is 4.98 Å². The van der Waals surface area contributed by atoms with Crippen LogP contribution in [0.4, 0.5) is 5.82 Å². The van der Waals surface area contributed by atoms with Gasteiger partial charge >= 0.3 is 0 Å².